The van der Waals surface area contributed by atoms with Gasteiger partial charge in [-0.3, -0.25) is 14.6 Å². The van der Waals surface area contributed by atoms with E-state index in [-0.39, 0.29) is 0 Å². The van der Waals surface area contributed by atoms with Crippen LogP contribution < -0.4 is 9.64 Å². The molecule has 4 fully saturated rings. The predicted molar refractivity (Wildman–Crippen MR) is 198 cm³/mol. The van der Waals surface area contributed by atoms with E-state index < -0.39 is 0 Å². The molecule has 8 rings (SSSR count). The zero-order valence-corrected chi connectivity index (χ0v) is 29.4. The summed E-state index contributed by atoms with van der Waals surface area (Å²) in [7, 11) is 0. The molecule has 7 heteroatoms. The van der Waals surface area contributed by atoms with Crippen molar-refractivity contribution in [2.24, 2.45) is 11.3 Å². The fourth-order valence-electron chi connectivity index (χ4n) is 9.64. The van der Waals surface area contributed by atoms with Crippen LogP contribution in [0.25, 0.3) is 11.0 Å². The summed E-state index contributed by atoms with van der Waals surface area (Å²) in [5.74, 6) is 2.65. The van der Waals surface area contributed by atoms with Crippen LogP contribution in [-0.2, 0) is 0 Å². The minimum atomic E-state index is 0.447. The normalized spacial score (nSPS) is 22.5. The van der Waals surface area contributed by atoms with E-state index in [1.165, 1.54) is 89.5 Å². The third-order valence-electron chi connectivity index (χ3n) is 12.4. The first-order valence-corrected chi connectivity index (χ1v) is 19.0. The number of piperazine rings is 1. The molecular weight excluding hydrogens is 606 g/mol. The maximum atomic E-state index is 11.9. The van der Waals surface area contributed by atoms with Crippen molar-refractivity contribution in [3.8, 4) is 11.5 Å². The molecule has 258 valence electrons. The first-order valence-electron chi connectivity index (χ1n) is 19.0. The van der Waals surface area contributed by atoms with Gasteiger partial charge in [-0.1, -0.05) is 57.4 Å². The monoisotopic (exact) mass is 659 g/mol. The van der Waals surface area contributed by atoms with Gasteiger partial charge in [0.2, 0.25) is 0 Å². The van der Waals surface area contributed by atoms with Crippen molar-refractivity contribution in [2.45, 2.75) is 89.6 Å². The minimum Gasteiger partial charge on any atom is -0.455 e. The van der Waals surface area contributed by atoms with E-state index in [0.29, 0.717) is 40.5 Å². The van der Waals surface area contributed by atoms with Crippen LogP contribution in [0.4, 0.5) is 5.69 Å². The van der Waals surface area contributed by atoms with Gasteiger partial charge in [0.1, 0.15) is 17.1 Å². The van der Waals surface area contributed by atoms with Crippen LogP contribution in [0.3, 0.4) is 0 Å². The maximum absolute atomic E-state index is 11.9. The lowest BCUT2D eigenvalue weighted by Gasteiger charge is -2.58. The topological polar surface area (TPSA) is 64.7 Å². The number of hydrogen-bond acceptors (Lipinski definition) is 6. The van der Waals surface area contributed by atoms with Gasteiger partial charge in [-0.2, -0.15) is 0 Å². The Hall–Kier alpha value is -3.68. The Morgan fingerprint density at radius 2 is 1.80 bits per heavy atom. The fourth-order valence-corrected chi connectivity index (χ4v) is 9.64. The highest BCUT2D eigenvalue weighted by atomic mass is 16.5. The molecule has 1 atom stereocenters. The lowest BCUT2D eigenvalue weighted by molar-refractivity contribution is -0.0637. The molecule has 2 aromatic heterocycles. The Morgan fingerprint density at radius 3 is 2.59 bits per heavy atom. The number of pyridine rings is 1. The molecule has 1 N–H and O–H groups in total. The SMILES string of the molecule is CC(C)c1ccccc1C1CN(CC2CCCCC2)CCN1C1CC2(CCN(c3ccc(C=O)c(Oc4cnc5[nH]ccc5c4)c3)CC2)C1. The van der Waals surface area contributed by atoms with Crippen LogP contribution >= 0.6 is 0 Å². The Labute approximate surface area is 292 Å². The van der Waals surface area contributed by atoms with Crippen LogP contribution in [0.5, 0.6) is 11.5 Å². The zero-order chi connectivity index (χ0) is 33.4. The van der Waals surface area contributed by atoms with Gasteiger partial charge in [-0.05, 0) is 91.2 Å². The highest BCUT2D eigenvalue weighted by molar-refractivity contribution is 5.81. The highest BCUT2D eigenvalue weighted by Gasteiger charge is 2.50. The van der Waals surface area contributed by atoms with Crippen LogP contribution in [0.1, 0.15) is 105 Å². The number of aromatic amines is 1. The van der Waals surface area contributed by atoms with Crippen molar-refractivity contribution in [2.75, 3.05) is 44.2 Å². The van der Waals surface area contributed by atoms with E-state index in [2.05, 4.69) is 68.8 Å². The van der Waals surface area contributed by atoms with Crippen molar-refractivity contribution in [3.63, 3.8) is 0 Å². The standard InChI is InChI=1S/C42H53N5O2/c1-30(2)37-10-6-7-11-38(37)39-28-45(27-31-8-4-3-5-9-31)20-21-47(39)35-24-42(25-35)15-18-46(19-16-42)34-13-12-33(29-48)40(23-34)49-36-22-32-14-17-43-41(32)44-26-36/h6-7,10-14,17,22-23,26,29-31,35,39H,3-5,8-9,15-16,18-21,24-25,27-28H2,1-2H3,(H,43,44). The summed E-state index contributed by atoms with van der Waals surface area (Å²) >= 11 is 0. The van der Waals surface area contributed by atoms with E-state index in [1.807, 2.05) is 30.5 Å². The second-order valence-electron chi connectivity index (χ2n) is 15.9. The summed E-state index contributed by atoms with van der Waals surface area (Å²) < 4.78 is 6.24. The second kappa shape index (κ2) is 13.9. The van der Waals surface area contributed by atoms with Crippen molar-refractivity contribution in [1.29, 1.82) is 0 Å². The Morgan fingerprint density at radius 1 is 0.980 bits per heavy atom. The van der Waals surface area contributed by atoms with Crippen LogP contribution in [0.15, 0.2) is 67.0 Å². The summed E-state index contributed by atoms with van der Waals surface area (Å²) in [5.41, 5.74) is 6.06. The smallest absolute Gasteiger partial charge is 0.153 e. The fraction of sp³-hybridized carbons (Fsp3) is 0.524. The molecule has 0 radical (unpaired) electrons. The number of fused-ring (bicyclic) bond motifs is 1. The number of ether oxygens (including phenoxy) is 1. The number of piperidine rings is 1. The third-order valence-corrected chi connectivity index (χ3v) is 12.4. The molecule has 0 amide bonds. The molecule has 7 nitrogen and oxygen atoms in total. The lowest BCUT2D eigenvalue weighted by atomic mass is 9.59. The van der Waals surface area contributed by atoms with Crippen molar-refractivity contribution >= 4 is 23.0 Å². The van der Waals surface area contributed by atoms with Gasteiger partial charge in [0, 0.05) is 74.7 Å². The largest absolute Gasteiger partial charge is 0.455 e. The van der Waals surface area contributed by atoms with E-state index in [9.17, 15) is 4.79 Å². The molecule has 2 aromatic carbocycles. The van der Waals surface area contributed by atoms with Crippen molar-refractivity contribution in [3.05, 3.63) is 83.7 Å². The molecule has 49 heavy (non-hydrogen) atoms. The van der Waals surface area contributed by atoms with E-state index in [4.69, 9.17) is 4.74 Å². The molecule has 1 spiro atoms. The molecule has 2 aliphatic heterocycles. The first-order chi connectivity index (χ1) is 24.0. The summed E-state index contributed by atoms with van der Waals surface area (Å²) in [6.45, 7) is 11.7. The number of aromatic nitrogens is 2. The summed E-state index contributed by atoms with van der Waals surface area (Å²) in [5, 5.41) is 0.984. The number of carbonyl (C=O) groups excluding carboxylic acids is 1. The quantitative estimate of drug-likeness (QED) is 0.181. The summed E-state index contributed by atoms with van der Waals surface area (Å²) in [6.07, 6.45) is 16.7. The molecule has 2 saturated carbocycles. The number of nitrogens with one attached hydrogen (secondary N) is 1. The van der Waals surface area contributed by atoms with Gasteiger partial charge in [-0.15, -0.1) is 0 Å². The van der Waals surface area contributed by atoms with Gasteiger partial charge in [0.15, 0.2) is 6.29 Å². The van der Waals surface area contributed by atoms with E-state index >= 15 is 0 Å². The van der Waals surface area contributed by atoms with E-state index in [0.717, 1.165) is 42.0 Å². The lowest BCUT2D eigenvalue weighted by Crippen LogP contribution is -2.60. The maximum Gasteiger partial charge on any atom is 0.153 e. The number of anilines is 1. The average molecular weight is 660 g/mol. The molecule has 2 saturated heterocycles. The van der Waals surface area contributed by atoms with Crippen LogP contribution in [0, 0.1) is 11.3 Å². The molecule has 2 aliphatic carbocycles. The van der Waals surface area contributed by atoms with Crippen molar-refractivity contribution in [1.82, 2.24) is 19.8 Å². The predicted octanol–water partition coefficient (Wildman–Crippen LogP) is 8.98. The number of nitrogens with zero attached hydrogens (tertiary/aromatic N) is 4. The summed E-state index contributed by atoms with van der Waals surface area (Å²) in [4.78, 5) is 27.7. The summed E-state index contributed by atoms with van der Waals surface area (Å²) in [6, 6.07) is 20.4. The van der Waals surface area contributed by atoms with Crippen molar-refractivity contribution < 1.29 is 9.53 Å². The molecule has 4 aliphatic rings. The molecule has 0 bridgehead atoms. The Kier molecular flexibility index (Phi) is 9.23. The highest BCUT2D eigenvalue weighted by Crippen LogP contribution is 2.53. The van der Waals surface area contributed by atoms with Crippen LogP contribution in [0.2, 0.25) is 0 Å². The zero-order valence-electron chi connectivity index (χ0n) is 29.4. The van der Waals surface area contributed by atoms with Gasteiger partial charge in [-0.25, -0.2) is 4.98 Å². The van der Waals surface area contributed by atoms with Gasteiger partial charge >= 0.3 is 0 Å². The number of benzene rings is 2. The second-order valence-corrected chi connectivity index (χ2v) is 15.9. The number of H-pyrrole nitrogens is 1. The molecule has 4 aromatic rings. The molecule has 1 unspecified atom stereocenters. The molecule has 4 heterocycles. The van der Waals surface area contributed by atoms with Gasteiger partial charge < -0.3 is 14.6 Å². The first kappa shape index (κ1) is 32.5. The van der Waals surface area contributed by atoms with E-state index in [1.54, 1.807) is 11.8 Å². The molecular formula is C42H53N5O2. The Bertz CT molecular complexity index is 1740. The average Bonchev–Trinajstić information content (AvgIpc) is 3.59. The third kappa shape index (κ3) is 6.77. The van der Waals surface area contributed by atoms with Gasteiger partial charge in [0.05, 0.1) is 11.8 Å². The number of carbonyl (C=O) groups is 1. The Balaban J connectivity index is 0.931. The van der Waals surface area contributed by atoms with Gasteiger partial charge in [0.25, 0.3) is 0 Å². The van der Waals surface area contributed by atoms with Crippen LogP contribution in [-0.4, -0.2) is 71.4 Å². The minimum absolute atomic E-state index is 0.447. The number of hydrogen-bond donors (Lipinski definition) is 1. The number of rotatable bonds is 9. The number of aldehydes is 1.